The maximum absolute atomic E-state index is 11.3. The molecule has 0 aliphatic carbocycles. The van der Waals surface area contributed by atoms with Crippen molar-refractivity contribution in [2.75, 3.05) is 0 Å². The third kappa shape index (κ3) is 2.22. The Morgan fingerprint density at radius 1 is 1.33 bits per heavy atom. The quantitative estimate of drug-likeness (QED) is 0.589. The molecule has 0 saturated heterocycles. The summed E-state index contributed by atoms with van der Waals surface area (Å²) in [5.41, 5.74) is -2.55. The van der Waals surface area contributed by atoms with E-state index in [1.54, 1.807) is 0 Å². The van der Waals surface area contributed by atoms with E-state index in [9.17, 15) is 19.2 Å². The van der Waals surface area contributed by atoms with E-state index in [1.807, 2.05) is 4.98 Å². The summed E-state index contributed by atoms with van der Waals surface area (Å²) in [7, 11) is 1.19. The number of carboxylic acid groups (broad SMARTS) is 1. The fourth-order valence-electron chi connectivity index (χ4n) is 1.00. The Kier molecular flexibility index (Phi) is 2.88. The van der Waals surface area contributed by atoms with E-state index >= 15 is 0 Å². The van der Waals surface area contributed by atoms with Gasteiger partial charge in [0.1, 0.15) is 0 Å². The first-order valence-electron chi connectivity index (χ1n) is 4.05. The van der Waals surface area contributed by atoms with Crippen molar-refractivity contribution in [2.24, 2.45) is 7.05 Å². The van der Waals surface area contributed by atoms with Gasteiger partial charge >= 0.3 is 23.0 Å². The summed E-state index contributed by atoms with van der Waals surface area (Å²) < 4.78 is 1.36. The largest absolute Gasteiger partial charge is 0.481 e. The van der Waals surface area contributed by atoms with Crippen molar-refractivity contribution in [2.45, 2.75) is 13.0 Å². The molecule has 8 nitrogen and oxygen atoms in total. The van der Waals surface area contributed by atoms with Gasteiger partial charge in [0.2, 0.25) is 0 Å². The molecule has 15 heavy (non-hydrogen) atoms. The van der Waals surface area contributed by atoms with Crippen molar-refractivity contribution < 1.29 is 9.90 Å². The molecule has 0 aliphatic heterocycles. The van der Waals surface area contributed by atoms with Gasteiger partial charge in [0.05, 0.1) is 6.42 Å². The Balaban J connectivity index is 3.25. The molecule has 1 aromatic rings. The smallest absolute Gasteiger partial charge is 0.336 e. The van der Waals surface area contributed by atoms with Gasteiger partial charge in [0.25, 0.3) is 0 Å². The van der Waals surface area contributed by atoms with E-state index in [-0.39, 0.29) is 13.0 Å². The molecular formula is C7H9N3O5. The molecular weight excluding hydrogens is 206 g/mol. The van der Waals surface area contributed by atoms with Crippen molar-refractivity contribution >= 4 is 5.97 Å². The van der Waals surface area contributed by atoms with Crippen LogP contribution in [0.1, 0.15) is 6.42 Å². The fraction of sp³-hybridized carbons (Fsp3) is 0.429. The number of aromatic amines is 1. The summed E-state index contributed by atoms with van der Waals surface area (Å²) in [5, 5.41) is 8.38. The summed E-state index contributed by atoms with van der Waals surface area (Å²) in [6.07, 6.45) is -0.360. The van der Waals surface area contributed by atoms with Gasteiger partial charge in [-0.15, -0.1) is 0 Å². The van der Waals surface area contributed by atoms with Gasteiger partial charge in [-0.2, -0.15) is 0 Å². The maximum Gasteiger partial charge on any atom is 0.336 e. The number of aromatic nitrogens is 3. The zero-order valence-electron chi connectivity index (χ0n) is 7.89. The van der Waals surface area contributed by atoms with E-state index in [1.165, 1.54) is 7.05 Å². The van der Waals surface area contributed by atoms with Gasteiger partial charge in [0, 0.05) is 13.6 Å². The summed E-state index contributed by atoms with van der Waals surface area (Å²) in [4.78, 5) is 45.5. The summed E-state index contributed by atoms with van der Waals surface area (Å²) in [6.45, 7) is -0.266. The van der Waals surface area contributed by atoms with Crippen molar-refractivity contribution in [1.29, 1.82) is 0 Å². The molecule has 1 rings (SSSR count). The van der Waals surface area contributed by atoms with Crippen LogP contribution in [0.3, 0.4) is 0 Å². The van der Waals surface area contributed by atoms with Gasteiger partial charge in [-0.3, -0.25) is 9.78 Å². The van der Waals surface area contributed by atoms with Gasteiger partial charge in [-0.25, -0.2) is 23.5 Å². The van der Waals surface area contributed by atoms with Crippen LogP contribution in [0.2, 0.25) is 0 Å². The van der Waals surface area contributed by atoms with Crippen molar-refractivity contribution in [1.82, 2.24) is 14.1 Å². The van der Waals surface area contributed by atoms with Crippen molar-refractivity contribution in [3.8, 4) is 0 Å². The molecule has 1 aromatic heterocycles. The van der Waals surface area contributed by atoms with Crippen LogP contribution in [-0.2, 0) is 18.4 Å². The van der Waals surface area contributed by atoms with E-state index in [2.05, 4.69) is 0 Å². The molecule has 0 amide bonds. The number of nitrogens with one attached hydrogen (secondary N) is 1. The first-order chi connectivity index (χ1) is 6.93. The second kappa shape index (κ2) is 3.95. The molecule has 1 heterocycles. The SMILES string of the molecule is Cn1c(=O)[nH]c(=O)n(CCC(=O)O)c1=O. The van der Waals surface area contributed by atoms with Gasteiger partial charge in [-0.1, -0.05) is 0 Å². The zero-order chi connectivity index (χ0) is 11.6. The van der Waals surface area contributed by atoms with E-state index in [0.29, 0.717) is 9.13 Å². The Hall–Kier alpha value is -2.12. The molecule has 0 atom stereocenters. The summed E-state index contributed by atoms with van der Waals surface area (Å²) in [5.74, 6) is -1.13. The zero-order valence-corrected chi connectivity index (χ0v) is 7.89. The number of aliphatic carboxylic acids is 1. The lowest BCUT2D eigenvalue weighted by Gasteiger charge is -2.02. The first kappa shape index (κ1) is 11.0. The fourth-order valence-corrected chi connectivity index (χ4v) is 1.00. The van der Waals surface area contributed by atoms with Crippen molar-refractivity contribution in [3.63, 3.8) is 0 Å². The summed E-state index contributed by atoms with van der Waals surface area (Å²) >= 11 is 0. The maximum atomic E-state index is 11.3. The number of rotatable bonds is 3. The molecule has 0 radical (unpaired) electrons. The van der Waals surface area contributed by atoms with Crippen LogP contribution in [0.4, 0.5) is 0 Å². The normalized spacial score (nSPS) is 10.2. The lowest BCUT2D eigenvalue weighted by Crippen LogP contribution is -2.48. The molecule has 0 saturated carbocycles. The van der Waals surface area contributed by atoms with E-state index < -0.39 is 23.0 Å². The molecule has 0 bridgehead atoms. The van der Waals surface area contributed by atoms with Crippen LogP contribution in [0.15, 0.2) is 14.4 Å². The van der Waals surface area contributed by atoms with Crippen LogP contribution < -0.4 is 17.1 Å². The second-order valence-corrected chi connectivity index (χ2v) is 2.87. The molecule has 2 N–H and O–H groups in total. The second-order valence-electron chi connectivity index (χ2n) is 2.87. The van der Waals surface area contributed by atoms with Crippen LogP contribution in [0.25, 0.3) is 0 Å². The highest BCUT2D eigenvalue weighted by Gasteiger charge is 2.07. The van der Waals surface area contributed by atoms with E-state index in [4.69, 9.17) is 5.11 Å². The molecule has 0 unspecified atom stereocenters. The van der Waals surface area contributed by atoms with Crippen molar-refractivity contribution in [3.05, 3.63) is 31.5 Å². The van der Waals surface area contributed by atoms with Crippen LogP contribution in [-0.4, -0.2) is 25.2 Å². The highest BCUT2D eigenvalue weighted by molar-refractivity contribution is 5.66. The molecule has 0 aliphatic rings. The predicted molar refractivity (Wildman–Crippen MR) is 48.8 cm³/mol. The predicted octanol–water partition coefficient (Wildman–Crippen LogP) is -2.29. The van der Waals surface area contributed by atoms with Gasteiger partial charge in [0.15, 0.2) is 0 Å². The number of nitrogens with zero attached hydrogens (tertiary/aromatic N) is 2. The Bertz CT molecular complexity index is 549. The Morgan fingerprint density at radius 2 is 1.93 bits per heavy atom. The highest BCUT2D eigenvalue weighted by atomic mass is 16.4. The molecule has 0 fully saturated rings. The molecule has 0 aromatic carbocycles. The number of hydrogen-bond acceptors (Lipinski definition) is 4. The van der Waals surface area contributed by atoms with Crippen LogP contribution in [0.5, 0.6) is 0 Å². The minimum atomic E-state index is -1.13. The number of hydrogen-bond donors (Lipinski definition) is 2. The number of carboxylic acids is 1. The van der Waals surface area contributed by atoms with Crippen LogP contribution >= 0.6 is 0 Å². The Morgan fingerprint density at radius 3 is 2.47 bits per heavy atom. The lowest BCUT2D eigenvalue weighted by molar-refractivity contribution is -0.137. The topological polar surface area (TPSA) is 114 Å². The van der Waals surface area contributed by atoms with Gasteiger partial charge in [-0.05, 0) is 0 Å². The Labute approximate surface area is 82.4 Å². The number of carbonyl (C=O) groups is 1. The minimum Gasteiger partial charge on any atom is -0.481 e. The number of H-pyrrole nitrogens is 1. The summed E-state index contributed by atoms with van der Waals surface area (Å²) in [6, 6.07) is 0. The highest BCUT2D eigenvalue weighted by Crippen LogP contribution is 1.80. The lowest BCUT2D eigenvalue weighted by atomic mass is 10.4. The van der Waals surface area contributed by atoms with Crippen LogP contribution in [0, 0.1) is 0 Å². The molecule has 0 spiro atoms. The van der Waals surface area contributed by atoms with Gasteiger partial charge < -0.3 is 5.11 Å². The van der Waals surface area contributed by atoms with E-state index in [0.717, 1.165) is 0 Å². The third-order valence-electron chi connectivity index (χ3n) is 1.83. The molecule has 82 valence electrons. The average Bonchev–Trinajstić information content (AvgIpc) is 2.14. The monoisotopic (exact) mass is 215 g/mol. The standard InChI is InChI=1S/C7H9N3O5/c1-9-5(13)8-6(14)10(7(9)15)3-2-4(11)12/h2-3H2,1H3,(H,11,12)(H,8,13,14). The molecule has 8 heteroatoms. The first-order valence-corrected chi connectivity index (χ1v) is 4.05. The minimum absolute atomic E-state index is 0.266. The third-order valence-corrected chi connectivity index (χ3v) is 1.83. The average molecular weight is 215 g/mol.